The average Bonchev–Trinajstić information content (AvgIpc) is 3.28. The lowest BCUT2D eigenvalue weighted by molar-refractivity contribution is -0.121. The zero-order valence-electron chi connectivity index (χ0n) is 12.3. The molecule has 0 aromatic heterocycles. The van der Waals surface area contributed by atoms with E-state index in [4.69, 9.17) is 10.5 Å². The predicted molar refractivity (Wildman–Crippen MR) is 83.5 cm³/mol. The summed E-state index contributed by atoms with van der Waals surface area (Å²) in [7, 11) is 1.62. The molecule has 1 saturated carbocycles. The van der Waals surface area contributed by atoms with Crippen LogP contribution in [0.25, 0.3) is 0 Å². The summed E-state index contributed by atoms with van der Waals surface area (Å²) in [6.45, 7) is 0.535. The minimum absolute atomic E-state index is 0.106. The number of nitrogens with one attached hydrogen (secondary N) is 2. The van der Waals surface area contributed by atoms with Crippen molar-refractivity contribution < 1.29 is 9.53 Å². The summed E-state index contributed by atoms with van der Waals surface area (Å²) in [4.78, 5) is 15.7. The van der Waals surface area contributed by atoms with Crippen molar-refractivity contribution in [3.63, 3.8) is 0 Å². The Bertz CT molecular complexity index is 495. The number of benzene rings is 1. The van der Waals surface area contributed by atoms with Gasteiger partial charge in [-0.25, -0.2) is 0 Å². The Kier molecular flexibility index (Phi) is 5.43. The van der Waals surface area contributed by atoms with Crippen molar-refractivity contribution in [2.75, 3.05) is 19.0 Å². The van der Waals surface area contributed by atoms with Crippen LogP contribution < -0.4 is 21.1 Å². The number of anilines is 1. The van der Waals surface area contributed by atoms with Gasteiger partial charge in [-0.1, -0.05) is 0 Å². The van der Waals surface area contributed by atoms with Gasteiger partial charge in [-0.3, -0.25) is 9.79 Å². The molecule has 0 bridgehead atoms. The van der Waals surface area contributed by atoms with E-state index in [9.17, 15) is 4.79 Å². The van der Waals surface area contributed by atoms with Crippen molar-refractivity contribution in [2.45, 2.75) is 31.7 Å². The van der Waals surface area contributed by atoms with E-state index in [1.165, 1.54) is 0 Å². The van der Waals surface area contributed by atoms with Gasteiger partial charge in [0.25, 0.3) is 0 Å². The summed E-state index contributed by atoms with van der Waals surface area (Å²) in [5.41, 5.74) is 6.64. The second kappa shape index (κ2) is 7.52. The van der Waals surface area contributed by atoms with Gasteiger partial charge in [-0.2, -0.15) is 0 Å². The number of methoxy groups -OCH3 is 1. The third-order valence-electron chi connectivity index (χ3n) is 3.15. The molecule has 0 radical (unpaired) electrons. The number of aliphatic imine (C=N–C) groups is 1. The molecule has 1 amide bonds. The molecule has 114 valence electrons. The number of ether oxygens (including phenoxy) is 1. The van der Waals surface area contributed by atoms with E-state index in [2.05, 4.69) is 15.6 Å². The zero-order valence-corrected chi connectivity index (χ0v) is 12.3. The molecule has 4 N–H and O–H groups in total. The molecular formula is C15H22N4O2. The lowest BCUT2D eigenvalue weighted by Gasteiger charge is -2.06. The lowest BCUT2D eigenvalue weighted by atomic mass is 10.3. The second-order valence-electron chi connectivity index (χ2n) is 5.07. The van der Waals surface area contributed by atoms with Crippen LogP contribution in [-0.4, -0.2) is 31.6 Å². The molecule has 21 heavy (non-hydrogen) atoms. The van der Waals surface area contributed by atoms with Crippen LogP contribution in [-0.2, 0) is 4.79 Å². The highest BCUT2D eigenvalue weighted by atomic mass is 16.5. The Morgan fingerprint density at radius 3 is 2.71 bits per heavy atom. The maximum Gasteiger partial charge on any atom is 0.220 e. The Labute approximate surface area is 124 Å². The number of hydrogen-bond acceptors (Lipinski definition) is 3. The van der Waals surface area contributed by atoms with E-state index in [0.29, 0.717) is 31.4 Å². The molecule has 1 aromatic rings. The molecule has 0 atom stereocenters. The van der Waals surface area contributed by atoms with Crippen LogP contribution in [0.5, 0.6) is 5.75 Å². The second-order valence-corrected chi connectivity index (χ2v) is 5.07. The van der Waals surface area contributed by atoms with E-state index >= 15 is 0 Å². The van der Waals surface area contributed by atoms with Gasteiger partial charge in [0.15, 0.2) is 5.96 Å². The molecule has 6 nitrogen and oxygen atoms in total. The van der Waals surface area contributed by atoms with E-state index in [1.807, 2.05) is 24.3 Å². The van der Waals surface area contributed by atoms with Gasteiger partial charge in [0.2, 0.25) is 5.91 Å². The summed E-state index contributed by atoms with van der Waals surface area (Å²) in [5.74, 6) is 1.25. The maximum absolute atomic E-state index is 11.5. The molecule has 2 rings (SSSR count). The fraction of sp³-hybridized carbons (Fsp3) is 0.467. The van der Waals surface area contributed by atoms with E-state index in [1.54, 1.807) is 7.11 Å². The smallest absolute Gasteiger partial charge is 0.220 e. The average molecular weight is 290 g/mol. The number of hydrogen-bond donors (Lipinski definition) is 3. The topological polar surface area (TPSA) is 88.7 Å². The fourth-order valence-electron chi connectivity index (χ4n) is 1.83. The van der Waals surface area contributed by atoms with Crippen molar-refractivity contribution in [2.24, 2.45) is 10.7 Å². The van der Waals surface area contributed by atoms with Gasteiger partial charge in [0, 0.05) is 24.7 Å². The van der Waals surface area contributed by atoms with E-state index in [0.717, 1.165) is 24.3 Å². The number of guanidine groups is 1. The van der Waals surface area contributed by atoms with E-state index < -0.39 is 0 Å². The number of amides is 1. The number of rotatable bonds is 7. The highest BCUT2D eigenvalue weighted by Gasteiger charge is 2.22. The monoisotopic (exact) mass is 290 g/mol. The van der Waals surface area contributed by atoms with Crippen LogP contribution in [0.2, 0.25) is 0 Å². The normalized spacial score (nSPS) is 14.6. The third-order valence-corrected chi connectivity index (χ3v) is 3.15. The van der Waals surface area contributed by atoms with Crippen LogP contribution in [0, 0.1) is 0 Å². The first-order chi connectivity index (χ1) is 10.2. The first-order valence-corrected chi connectivity index (χ1v) is 7.18. The molecule has 0 spiro atoms. The highest BCUT2D eigenvalue weighted by Crippen LogP contribution is 2.18. The van der Waals surface area contributed by atoms with Crippen molar-refractivity contribution in [1.29, 1.82) is 0 Å². The number of carbonyl (C=O) groups excluding carboxylic acids is 1. The maximum atomic E-state index is 11.5. The Morgan fingerprint density at radius 1 is 1.38 bits per heavy atom. The van der Waals surface area contributed by atoms with Crippen molar-refractivity contribution in [3.05, 3.63) is 24.3 Å². The standard InChI is InChI=1S/C15H22N4O2/c1-21-13-8-6-12(7-9-13)19-15(16)17-10-2-3-14(20)18-11-4-5-11/h6-9,11H,2-5,10H2,1H3,(H,18,20)(H3,16,17,19). The molecule has 1 aliphatic carbocycles. The van der Waals surface area contributed by atoms with Gasteiger partial charge in [-0.05, 0) is 43.5 Å². The van der Waals surface area contributed by atoms with Crippen LogP contribution in [0.4, 0.5) is 5.69 Å². The van der Waals surface area contributed by atoms with Crippen LogP contribution in [0.15, 0.2) is 29.3 Å². The van der Waals surface area contributed by atoms with Crippen LogP contribution in [0.3, 0.4) is 0 Å². The molecular weight excluding hydrogens is 268 g/mol. The van der Waals surface area contributed by atoms with Gasteiger partial charge in [0.05, 0.1) is 7.11 Å². The van der Waals surface area contributed by atoms with Crippen molar-refractivity contribution >= 4 is 17.6 Å². The zero-order chi connectivity index (χ0) is 15.1. The minimum atomic E-state index is 0.106. The molecule has 0 saturated heterocycles. The first kappa shape index (κ1) is 15.2. The summed E-state index contributed by atoms with van der Waals surface area (Å²) >= 11 is 0. The fourth-order valence-corrected chi connectivity index (χ4v) is 1.83. The largest absolute Gasteiger partial charge is 0.497 e. The Morgan fingerprint density at radius 2 is 2.10 bits per heavy atom. The van der Waals surface area contributed by atoms with Gasteiger partial charge < -0.3 is 21.1 Å². The highest BCUT2D eigenvalue weighted by molar-refractivity contribution is 5.92. The molecule has 6 heteroatoms. The molecule has 1 aromatic carbocycles. The Balaban J connectivity index is 1.66. The number of nitrogens with zero attached hydrogens (tertiary/aromatic N) is 1. The van der Waals surface area contributed by atoms with E-state index in [-0.39, 0.29) is 5.91 Å². The quantitative estimate of drug-likeness (QED) is 0.403. The van der Waals surface area contributed by atoms with Crippen LogP contribution in [0.1, 0.15) is 25.7 Å². The lowest BCUT2D eigenvalue weighted by Crippen LogP contribution is -2.25. The molecule has 0 heterocycles. The number of carbonyl (C=O) groups is 1. The Hall–Kier alpha value is -2.24. The van der Waals surface area contributed by atoms with Crippen molar-refractivity contribution in [1.82, 2.24) is 5.32 Å². The third kappa shape index (κ3) is 5.72. The minimum Gasteiger partial charge on any atom is -0.497 e. The van der Waals surface area contributed by atoms with Crippen molar-refractivity contribution in [3.8, 4) is 5.75 Å². The molecule has 0 unspecified atom stereocenters. The summed E-state index contributed by atoms with van der Waals surface area (Å²) < 4.78 is 5.08. The summed E-state index contributed by atoms with van der Waals surface area (Å²) in [6, 6.07) is 7.84. The number of nitrogens with two attached hydrogens (primary N) is 1. The SMILES string of the molecule is COc1ccc(NC(N)=NCCCC(=O)NC2CC2)cc1. The first-order valence-electron chi connectivity index (χ1n) is 7.18. The summed E-state index contributed by atoms with van der Waals surface area (Å²) in [6.07, 6.45) is 3.42. The van der Waals surface area contributed by atoms with Crippen LogP contribution >= 0.6 is 0 Å². The van der Waals surface area contributed by atoms with Gasteiger partial charge in [-0.15, -0.1) is 0 Å². The summed E-state index contributed by atoms with van der Waals surface area (Å²) in [5, 5.41) is 5.94. The molecule has 1 aliphatic rings. The van der Waals surface area contributed by atoms with Gasteiger partial charge in [0.1, 0.15) is 5.75 Å². The predicted octanol–water partition coefficient (Wildman–Crippen LogP) is 1.48. The van der Waals surface area contributed by atoms with Gasteiger partial charge >= 0.3 is 0 Å². The molecule has 0 aliphatic heterocycles. The molecule has 1 fully saturated rings.